The summed E-state index contributed by atoms with van der Waals surface area (Å²) in [5.74, 6) is -0.595. The van der Waals surface area contributed by atoms with Crippen LogP contribution in [0.5, 0.6) is 0 Å². The van der Waals surface area contributed by atoms with Gasteiger partial charge in [-0.2, -0.15) is 0 Å². The zero-order chi connectivity index (χ0) is 23.1. The van der Waals surface area contributed by atoms with Crippen LogP contribution in [0.3, 0.4) is 0 Å². The lowest BCUT2D eigenvalue weighted by Gasteiger charge is -2.30. The molecule has 6 heteroatoms. The largest absolute Gasteiger partial charge is 0.464 e. The lowest BCUT2D eigenvalue weighted by Crippen LogP contribution is -2.47. The Bertz CT molecular complexity index is 1020. The maximum absolute atomic E-state index is 13.5. The first-order valence-corrected chi connectivity index (χ1v) is 11.3. The van der Waals surface area contributed by atoms with Gasteiger partial charge in [-0.15, -0.1) is 0 Å². The van der Waals surface area contributed by atoms with Crippen LogP contribution < -0.4 is 5.32 Å². The van der Waals surface area contributed by atoms with E-state index in [0.29, 0.717) is 31.5 Å². The highest BCUT2D eigenvalue weighted by atomic mass is 16.3. The van der Waals surface area contributed by atoms with Crippen LogP contribution in [0, 0.1) is 17.8 Å². The van der Waals surface area contributed by atoms with Crippen molar-refractivity contribution in [3.63, 3.8) is 0 Å². The maximum atomic E-state index is 13.5. The molecule has 0 aliphatic rings. The van der Waals surface area contributed by atoms with Crippen molar-refractivity contribution in [1.82, 2.24) is 15.2 Å². The van der Waals surface area contributed by atoms with E-state index in [-0.39, 0.29) is 18.2 Å². The molecule has 32 heavy (non-hydrogen) atoms. The van der Waals surface area contributed by atoms with E-state index in [1.807, 2.05) is 47.4 Å². The number of amides is 2. The first kappa shape index (κ1) is 23.5. The molecular weight excluding hydrogens is 402 g/mol. The summed E-state index contributed by atoms with van der Waals surface area (Å²) in [6, 6.07) is 13.3. The van der Waals surface area contributed by atoms with Crippen LogP contribution in [0.4, 0.5) is 0 Å². The second-order valence-corrected chi connectivity index (χ2v) is 9.12. The Labute approximate surface area is 190 Å². The van der Waals surface area contributed by atoms with Crippen molar-refractivity contribution < 1.29 is 14.0 Å². The molecule has 0 aliphatic carbocycles. The van der Waals surface area contributed by atoms with Gasteiger partial charge in [0, 0.05) is 43.3 Å². The van der Waals surface area contributed by atoms with Gasteiger partial charge in [0.05, 0.1) is 6.26 Å². The van der Waals surface area contributed by atoms with Crippen molar-refractivity contribution in [2.75, 3.05) is 13.1 Å². The molecule has 0 radical (unpaired) electrons. The van der Waals surface area contributed by atoms with E-state index in [2.05, 4.69) is 38.0 Å². The van der Waals surface area contributed by atoms with Crippen molar-refractivity contribution >= 4 is 22.8 Å². The molecule has 2 aromatic heterocycles. The second kappa shape index (κ2) is 10.9. The Morgan fingerprint density at radius 1 is 1.03 bits per heavy atom. The number of carbonyl (C=O) groups excluding carboxylic acids is 2. The molecule has 170 valence electrons. The lowest BCUT2D eigenvalue weighted by atomic mass is 9.98. The summed E-state index contributed by atoms with van der Waals surface area (Å²) < 4.78 is 5.38. The summed E-state index contributed by atoms with van der Waals surface area (Å²) >= 11 is 0. The molecule has 0 aliphatic heterocycles. The SMILES string of the molecule is CC(C)CN(CC(C)C)C(=O)C(Cc1ccccn1)C(=O)NCc1ccc2occc2c1. The Hall–Kier alpha value is -3.15. The molecule has 1 atom stereocenters. The zero-order valence-electron chi connectivity index (χ0n) is 19.4. The number of hydrogen-bond donors (Lipinski definition) is 1. The molecule has 3 rings (SSSR count). The van der Waals surface area contributed by atoms with Gasteiger partial charge in [0.15, 0.2) is 0 Å². The smallest absolute Gasteiger partial charge is 0.235 e. The zero-order valence-corrected chi connectivity index (χ0v) is 19.4. The third-order valence-corrected chi connectivity index (χ3v) is 5.22. The highest BCUT2D eigenvalue weighted by Gasteiger charge is 2.32. The number of pyridine rings is 1. The average molecular weight is 436 g/mol. The van der Waals surface area contributed by atoms with Gasteiger partial charge < -0.3 is 14.6 Å². The number of furan rings is 1. The molecule has 2 amide bonds. The summed E-state index contributed by atoms with van der Waals surface area (Å²) in [6.07, 6.45) is 3.61. The summed E-state index contributed by atoms with van der Waals surface area (Å²) in [7, 11) is 0. The van der Waals surface area contributed by atoms with Gasteiger partial charge in [0.25, 0.3) is 0 Å². The number of nitrogens with zero attached hydrogens (tertiary/aromatic N) is 2. The minimum atomic E-state index is -0.819. The van der Waals surface area contributed by atoms with E-state index in [0.717, 1.165) is 22.2 Å². The predicted molar refractivity (Wildman–Crippen MR) is 126 cm³/mol. The molecule has 0 saturated heterocycles. The molecule has 0 spiro atoms. The van der Waals surface area contributed by atoms with Crippen molar-refractivity contribution in [3.8, 4) is 0 Å². The molecule has 0 saturated carbocycles. The molecule has 1 N–H and O–H groups in total. The maximum Gasteiger partial charge on any atom is 0.235 e. The van der Waals surface area contributed by atoms with Gasteiger partial charge in [-0.3, -0.25) is 14.6 Å². The monoisotopic (exact) mass is 435 g/mol. The molecule has 2 heterocycles. The van der Waals surface area contributed by atoms with Gasteiger partial charge in [0.2, 0.25) is 11.8 Å². The third-order valence-electron chi connectivity index (χ3n) is 5.22. The Balaban J connectivity index is 1.78. The van der Waals surface area contributed by atoms with Gasteiger partial charge in [-0.1, -0.05) is 39.8 Å². The van der Waals surface area contributed by atoms with E-state index in [1.54, 1.807) is 12.5 Å². The van der Waals surface area contributed by atoms with E-state index in [9.17, 15) is 9.59 Å². The number of hydrogen-bond acceptors (Lipinski definition) is 4. The van der Waals surface area contributed by atoms with Crippen LogP contribution in [0.15, 0.2) is 59.3 Å². The molecule has 3 aromatic rings. The summed E-state index contributed by atoms with van der Waals surface area (Å²) in [5.41, 5.74) is 2.49. The lowest BCUT2D eigenvalue weighted by molar-refractivity contribution is -0.143. The topological polar surface area (TPSA) is 75.4 Å². The van der Waals surface area contributed by atoms with E-state index < -0.39 is 5.92 Å². The predicted octanol–water partition coefficient (Wildman–Crippen LogP) is 4.44. The molecular formula is C26H33N3O3. The number of nitrogens with one attached hydrogen (secondary N) is 1. The van der Waals surface area contributed by atoms with Gasteiger partial charge in [-0.25, -0.2) is 0 Å². The van der Waals surface area contributed by atoms with Gasteiger partial charge in [-0.05, 0) is 47.7 Å². The first-order chi connectivity index (χ1) is 15.3. The van der Waals surface area contributed by atoms with E-state index in [4.69, 9.17) is 4.42 Å². The van der Waals surface area contributed by atoms with Gasteiger partial charge >= 0.3 is 0 Å². The molecule has 1 aromatic carbocycles. The minimum absolute atomic E-state index is 0.138. The van der Waals surface area contributed by atoms with E-state index in [1.165, 1.54) is 0 Å². The number of carbonyl (C=O) groups is 2. The Morgan fingerprint density at radius 3 is 2.44 bits per heavy atom. The Kier molecular flexibility index (Phi) is 8.03. The molecule has 0 fully saturated rings. The van der Waals surface area contributed by atoms with Crippen LogP contribution in [0.1, 0.15) is 39.0 Å². The van der Waals surface area contributed by atoms with Gasteiger partial charge in [0.1, 0.15) is 11.5 Å². The second-order valence-electron chi connectivity index (χ2n) is 9.12. The fraction of sp³-hybridized carbons (Fsp3) is 0.423. The van der Waals surface area contributed by atoms with Crippen LogP contribution in [-0.2, 0) is 22.6 Å². The van der Waals surface area contributed by atoms with Crippen LogP contribution in [0.25, 0.3) is 11.0 Å². The Morgan fingerprint density at radius 2 is 1.78 bits per heavy atom. The quantitative estimate of drug-likeness (QED) is 0.478. The number of aromatic nitrogens is 1. The molecule has 0 bridgehead atoms. The highest BCUT2D eigenvalue weighted by molar-refractivity contribution is 6.00. The number of benzene rings is 1. The molecule has 1 unspecified atom stereocenters. The standard InChI is InChI=1S/C26H33N3O3/c1-18(2)16-29(17-19(3)4)26(31)23(14-22-7-5-6-11-27-22)25(30)28-15-20-8-9-24-21(13-20)10-12-32-24/h5-13,18-19,23H,14-17H2,1-4H3,(H,28,30). The fourth-order valence-electron chi connectivity index (χ4n) is 3.82. The van der Waals surface area contributed by atoms with Crippen LogP contribution >= 0.6 is 0 Å². The average Bonchev–Trinajstić information content (AvgIpc) is 3.23. The summed E-state index contributed by atoms with van der Waals surface area (Å²) in [4.78, 5) is 33.0. The number of rotatable bonds is 10. The number of fused-ring (bicyclic) bond motifs is 1. The van der Waals surface area contributed by atoms with E-state index >= 15 is 0 Å². The van der Waals surface area contributed by atoms with Crippen molar-refractivity contribution in [2.24, 2.45) is 17.8 Å². The summed E-state index contributed by atoms with van der Waals surface area (Å²) in [6.45, 7) is 9.93. The molecule has 6 nitrogen and oxygen atoms in total. The normalized spacial score (nSPS) is 12.3. The van der Waals surface area contributed by atoms with Crippen LogP contribution in [-0.4, -0.2) is 34.8 Å². The fourth-order valence-corrected chi connectivity index (χ4v) is 3.82. The highest BCUT2D eigenvalue weighted by Crippen LogP contribution is 2.18. The summed E-state index contributed by atoms with van der Waals surface area (Å²) in [5, 5.41) is 3.96. The van der Waals surface area contributed by atoms with Crippen molar-refractivity contribution in [2.45, 2.75) is 40.7 Å². The first-order valence-electron chi connectivity index (χ1n) is 11.3. The third kappa shape index (κ3) is 6.42. The minimum Gasteiger partial charge on any atom is -0.464 e. The van der Waals surface area contributed by atoms with Crippen molar-refractivity contribution in [1.29, 1.82) is 0 Å². The van der Waals surface area contributed by atoms with Crippen LogP contribution in [0.2, 0.25) is 0 Å². The van der Waals surface area contributed by atoms with Crippen molar-refractivity contribution in [3.05, 3.63) is 66.2 Å².